The number of methoxy groups -OCH3 is 1. The lowest BCUT2D eigenvalue weighted by molar-refractivity contribution is -0.111. The Morgan fingerprint density at radius 1 is 1.25 bits per heavy atom. The molecule has 7 heteroatoms. The number of nitrogens with zero attached hydrogens (tertiary/aromatic N) is 3. The summed E-state index contributed by atoms with van der Waals surface area (Å²) >= 11 is 0. The molecule has 3 heterocycles. The highest BCUT2D eigenvalue weighted by Crippen LogP contribution is 2.48. The molecule has 3 aliphatic heterocycles. The average molecular weight is 438 g/mol. The van der Waals surface area contributed by atoms with Crippen molar-refractivity contribution in [2.45, 2.75) is 37.3 Å². The number of carbonyl (C=O) groups excluding carboxylic acids is 1. The molecule has 1 saturated heterocycles. The number of hydrogen-bond acceptors (Lipinski definition) is 6. The number of halogens is 1. The molecular formula is C25H28FN3O3. The molecule has 2 aromatic rings. The van der Waals surface area contributed by atoms with E-state index in [9.17, 15) is 9.18 Å². The van der Waals surface area contributed by atoms with Gasteiger partial charge in [-0.05, 0) is 37.1 Å². The highest BCUT2D eigenvalue weighted by molar-refractivity contribution is 6.43. The maximum absolute atomic E-state index is 14.1. The Morgan fingerprint density at radius 3 is 2.75 bits per heavy atom. The topological polar surface area (TPSA) is 54.4 Å². The van der Waals surface area contributed by atoms with Crippen molar-refractivity contribution >= 4 is 17.2 Å². The lowest BCUT2D eigenvalue weighted by atomic mass is 9.67. The van der Waals surface area contributed by atoms with E-state index < -0.39 is 5.41 Å². The minimum atomic E-state index is -0.622. The van der Waals surface area contributed by atoms with Gasteiger partial charge in [0.05, 0.1) is 11.5 Å². The lowest BCUT2D eigenvalue weighted by Crippen LogP contribution is -2.55. The summed E-state index contributed by atoms with van der Waals surface area (Å²) in [4.78, 5) is 15.3. The van der Waals surface area contributed by atoms with Crippen LogP contribution in [0.25, 0.3) is 0 Å². The van der Waals surface area contributed by atoms with Crippen molar-refractivity contribution in [1.29, 1.82) is 0 Å². The van der Waals surface area contributed by atoms with Crippen LogP contribution in [-0.4, -0.2) is 61.9 Å². The Balaban J connectivity index is 1.51. The van der Waals surface area contributed by atoms with E-state index in [1.165, 1.54) is 12.1 Å². The number of likely N-dealkylation sites (tertiary alicyclic amines) is 1. The van der Waals surface area contributed by atoms with Crippen molar-refractivity contribution in [2.75, 3.05) is 38.4 Å². The van der Waals surface area contributed by atoms with Crippen LogP contribution >= 0.6 is 0 Å². The van der Waals surface area contributed by atoms with Crippen LogP contribution < -0.4 is 9.75 Å². The van der Waals surface area contributed by atoms with E-state index in [1.54, 1.807) is 20.1 Å². The number of carbonyl (C=O) groups is 1. The van der Waals surface area contributed by atoms with Crippen molar-refractivity contribution in [3.8, 4) is 5.75 Å². The zero-order valence-electron chi connectivity index (χ0n) is 18.5. The fraction of sp³-hybridized carbons (Fsp3) is 0.440. The number of hydrazone groups is 1. The van der Waals surface area contributed by atoms with E-state index in [0.29, 0.717) is 29.9 Å². The first-order valence-electron chi connectivity index (χ1n) is 11.1. The average Bonchev–Trinajstić information content (AvgIpc) is 3.12. The van der Waals surface area contributed by atoms with Gasteiger partial charge in [0.2, 0.25) is 0 Å². The summed E-state index contributed by atoms with van der Waals surface area (Å²) in [5.74, 6) is 0.171. The maximum Gasteiger partial charge on any atom is 0.176 e. The molecule has 1 fully saturated rings. The number of fused-ring (bicyclic) bond motifs is 3. The fourth-order valence-corrected chi connectivity index (χ4v) is 5.34. The summed E-state index contributed by atoms with van der Waals surface area (Å²) in [5, 5.41) is 6.62. The molecule has 32 heavy (non-hydrogen) atoms. The van der Waals surface area contributed by atoms with Crippen LogP contribution in [0.2, 0.25) is 0 Å². The molecule has 6 nitrogen and oxygen atoms in total. The molecule has 0 spiro atoms. The minimum Gasteiger partial charge on any atom is -0.489 e. The van der Waals surface area contributed by atoms with Crippen LogP contribution in [0.5, 0.6) is 5.75 Å². The lowest BCUT2D eigenvalue weighted by Gasteiger charge is -2.42. The van der Waals surface area contributed by atoms with Gasteiger partial charge in [0.25, 0.3) is 0 Å². The summed E-state index contributed by atoms with van der Waals surface area (Å²) in [6.07, 6.45) is 1.96. The second-order valence-corrected chi connectivity index (χ2v) is 8.85. The molecule has 0 radical (unpaired) electrons. The molecule has 168 valence electrons. The zero-order chi connectivity index (χ0) is 22.3. The van der Waals surface area contributed by atoms with E-state index in [0.717, 1.165) is 38.0 Å². The van der Waals surface area contributed by atoms with Crippen molar-refractivity contribution in [3.05, 3.63) is 59.9 Å². The van der Waals surface area contributed by atoms with Crippen LogP contribution in [-0.2, 0) is 14.9 Å². The van der Waals surface area contributed by atoms with E-state index in [4.69, 9.17) is 14.6 Å². The molecule has 0 amide bonds. The quantitative estimate of drug-likeness (QED) is 0.665. The van der Waals surface area contributed by atoms with Gasteiger partial charge in [-0.25, -0.2) is 4.39 Å². The van der Waals surface area contributed by atoms with Gasteiger partial charge < -0.3 is 9.47 Å². The molecule has 0 N–H and O–H groups in total. The summed E-state index contributed by atoms with van der Waals surface area (Å²) in [7, 11) is 1.75. The summed E-state index contributed by atoms with van der Waals surface area (Å²) < 4.78 is 25.6. The maximum atomic E-state index is 14.1. The van der Waals surface area contributed by atoms with Crippen molar-refractivity contribution in [2.24, 2.45) is 5.10 Å². The van der Waals surface area contributed by atoms with Crippen LogP contribution in [0.3, 0.4) is 0 Å². The summed E-state index contributed by atoms with van der Waals surface area (Å²) in [5.41, 5.74) is 1.52. The Morgan fingerprint density at radius 2 is 2.03 bits per heavy atom. The predicted molar refractivity (Wildman–Crippen MR) is 121 cm³/mol. The molecule has 2 aromatic carbocycles. The first-order valence-corrected chi connectivity index (χ1v) is 11.1. The smallest absolute Gasteiger partial charge is 0.176 e. The van der Waals surface area contributed by atoms with Crippen LogP contribution in [0.4, 0.5) is 10.1 Å². The zero-order valence-corrected chi connectivity index (χ0v) is 18.5. The third-order valence-corrected chi connectivity index (χ3v) is 6.98. The van der Waals surface area contributed by atoms with Crippen LogP contribution in [0.15, 0.2) is 53.6 Å². The van der Waals surface area contributed by atoms with Crippen LogP contribution in [0.1, 0.15) is 25.3 Å². The van der Waals surface area contributed by atoms with Gasteiger partial charge in [-0.2, -0.15) is 5.10 Å². The van der Waals surface area contributed by atoms with E-state index >= 15 is 0 Å². The Bertz CT molecular complexity index is 1040. The van der Waals surface area contributed by atoms with Crippen LogP contribution in [0, 0.1) is 5.82 Å². The SMILES string of the molecule is COC1CN(CCC[C@]2(c3ccccc3)C(C(C)=O)=NN3c4cc(F)ccc4OCC32)C1. The number of benzene rings is 2. The van der Waals surface area contributed by atoms with E-state index in [2.05, 4.69) is 17.0 Å². The highest BCUT2D eigenvalue weighted by atomic mass is 19.1. The highest BCUT2D eigenvalue weighted by Gasteiger charge is 2.55. The molecular weight excluding hydrogens is 409 g/mol. The number of hydrogen-bond donors (Lipinski definition) is 0. The molecule has 0 saturated carbocycles. The first-order chi connectivity index (χ1) is 15.5. The number of ketones is 1. The fourth-order valence-electron chi connectivity index (χ4n) is 5.34. The van der Waals surface area contributed by atoms with Gasteiger partial charge in [0.15, 0.2) is 5.78 Å². The van der Waals surface area contributed by atoms with Gasteiger partial charge in [0.1, 0.15) is 35.6 Å². The second kappa shape index (κ2) is 8.30. The summed E-state index contributed by atoms with van der Waals surface area (Å²) in [6, 6.07) is 14.3. The molecule has 0 bridgehead atoms. The molecule has 2 atom stereocenters. The van der Waals surface area contributed by atoms with E-state index in [1.807, 2.05) is 23.2 Å². The van der Waals surface area contributed by atoms with Gasteiger partial charge in [-0.15, -0.1) is 0 Å². The molecule has 0 aromatic heterocycles. The van der Waals surface area contributed by atoms with E-state index in [-0.39, 0.29) is 17.6 Å². The van der Waals surface area contributed by atoms with Gasteiger partial charge >= 0.3 is 0 Å². The Hall–Kier alpha value is -2.77. The van der Waals surface area contributed by atoms with Crippen molar-refractivity contribution in [3.63, 3.8) is 0 Å². The Kier molecular flexibility index (Phi) is 5.47. The number of rotatable bonds is 7. The molecule has 5 rings (SSSR count). The first kappa shape index (κ1) is 21.1. The summed E-state index contributed by atoms with van der Waals surface area (Å²) in [6.45, 7) is 4.75. The normalized spacial score (nSPS) is 24.9. The number of Topliss-reactive ketones (excluding diaryl/α,β-unsaturated/α-hetero) is 1. The minimum absolute atomic E-state index is 0.0652. The molecule has 0 aliphatic carbocycles. The second-order valence-electron chi connectivity index (χ2n) is 8.85. The Labute approximate surface area is 187 Å². The standard InChI is InChI=1S/C25H28FN3O3/c1-17(30)24-25(18-7-4-3-5-8-18,11-6-12-28-14-20(15-28)31-2)23-16-32-22-10-9-19(26)13-21(22)29(23)27-24/h3-5,7-10,13,20,23H,6,11-12,14-16H2,1-2H3/t23?,25-/m1/s1. The monoisotopic (exact) mass is 437 g/mol. The van der Waals surface area contributed by atoms with Crippen molar-refractivity contribution < 1.29 is 18.7 Å². The molecule has 1 unspecified atom stereocenters. The van der Waals surface area contributed by atoms with Gasteiger partial charge in [-0.1, -0.05) is 30.3 Å². The van der Waals surface area contributed by atoms with Gasteiger partial charge in [-0.3, -0.25) is 14.7 Å². The third-order valence-electron chi connectivity index (χ3n) is 6.98. The largest absolute Gasteiger partial charge is 0.489 e. The predicted octanol–water partition coefficient (Wildman–Crippen LogP) is 3.40. The van der Waals surface area contributed by atoms with Gasteiger partial charge in [0, 0.05) is 33.2 Å². The number of ether oxygens (including phenoxy) is 2. The number of anilines is 1. The third kappa shape index (κ3) is 3.40. The molecule has 3 aliphatic rings. The van der Waals surface area contributed by atoms with Crippen molar-refractivity contribution in [1.82, 2.24) is 4.90 Å².